The molecule has 130 valence electrons. The second-order valence-electron chi connectivity index (χ2n) is 6.16. The van der Waals surface area contributed by atoms with Gasteiger partial charge in [-0.15, -0.1) is 0 Å². The third-order valence-corrected chi connectivity index (χ3v) is 3.99. The van der Waals surface area contributed by atoms with Gasteiger partial charge in [-0.3, -0.25) is 9.20 Å². The number of carbonyl (C=O) groups is 1. The summed E-state index contributed by atoms with van der Waals surface area (Å²) in [5.41, 5.74) is 0.0911. The number of nitrogens with zero attached hydrogens (tertiary/aromatic N) is 2. The van der Waals surface area contributed by atoms with Crippen LogP contribution in [0.1, 0.15) is 28.5 Å². The molecule has 0 saturated heterocycles. The highest BCUT2D eigenvalue weighted by Crippen LogP contribution is 2.23. The van der Waals surface area contributed by atoms with Gasteiger partial charge in [-0.1, -0.05) is 12.1 Å². The molecule has 0 aliphatic heterocycles. The van der Waals surface area contributed by atoms with E-state index in [4.69, 9.17) is 0 Å². The zero-order valence-corrected chi connectivity index (χ0v) is 13.8. The molecule has 7 heteroatoms. The van der Waals surface area contributed by atoms with E-state index < -0.39 is 23.1 Å². The van der Waals surface area contributed by atoms with Crippen LogP contribution in [0.25, 0.3) is 5.65 Å². The van der Waals surface area contributed by atoms with Gasteiger partial charge < -0.3 is 10.4 Å². The smallest absolute Gasteiger partial charge is 0.270 e. The van der Waals surface area contributed by atoms with Crippen LogP contribution in [0, 0.1) is 18.6 Å². The molecule has 1 unspecified atom stereocenters. The van der Waals surface area contributed by atoms with Crippen LogP contribution in [0.15, 0.2) is 42.7 Å². The van der Waals surface area contributed by atoms with Gasteiger partial charge in [-0.2, -0.15) is 0 Å². The van der Waals surface area contributed by atoms with Crippen molar-refractivity contribution >= 4 is 11.6 Å². The number of hydrogen-bond acceptors (Lipinski definition) is 3. The van der Waals surface area contributed by atoms with Crippen molar-refractivity contribution in [2.45, 2.75) is 19.4 Å². The highest BCUT2D eigenvalue weighted by Gasteiger charge is 2.28. The molecule has 0 aliphatic carbocycles. The second kappa shape index (κ2) is 6.25. The predicted octanol–water partition coefficient (Wildman–Crippen LogP) is 2.56. The molecule has 25 heavy (non-hydrogen) atoms. The number of nitrogens with one attached hydrogen (secondary N) is 1. The van der Waals surface area contributed by atoms with Crippen LogP contribution in [0.2, 0.25) is 0 Å². The molecule has 3 rings (SSSR count). The zero-order chi connectivity index (χ0) is 18.2. The van der Waals surface area contributed by atoms with Gasteiger partial charge in [0.1, 0.15) is 28.6 Å². The van der Waals surface area contributed by atoms with Gasteiger partial charge in [0.05, 0.1) is 12.7 Å². The molecule has 0 radical (unpaired) electrons. The number of aryl methyl sites for hydroxylation is 1. The highest BCUT2D eigenvalue weighted by molar-refractivity contribution is 5.93. The highest BCUT2D eigenvalue weighted by atomic mass is 19.1. The van der Waals surface area contributed by atoms with E-state index in [1.54, 1.807) is 16.7 Å². The predicted molar refractivity (Wildman–Crippen MR) is 88.2 cm³/mol. The first-order chi connectivity index (χ1) is 11.8. The summed E-state index contributed by atoms with van der Waals surface area (Å²) in [6.07, 6.45) is 3.20. The van der Waals surface area contributed by atoms with E-state index in [9.17, 15) is 18.7 Å². The third kappa shape index (κ3) is 3.36. The Hall–Kier alpha value is -2.80. The van der Waals surface area contributed by atoms with Crippen LogP contribution >= 0.6 is 0 Å². The number of carbonyl (C=O) groups excluding carboxylic acids is 1. The number of rotatable bonds is 4. The van der Waals surface area contributed by atoms with E-state index in [1.165, 1.54) is 13.1 Å². The van der Waals surface area contributed by atoms with E-state index in [-0.39, 0.29) is 12.1 Å². The lowest BCUT2D eigenvalue weighted by atomic mass is 9.95. The molecule has 3 aromatic rings. The first-order valence-electron chi connectivity index (χ1n) is 7.68. The van der Waals surface area contributed by atoms with Crippen LogP contribution in [0.5, 0.6) is 0 Å². The Balaban J connectivity index is 1.79. The fourth-order valence-electron chi connectivity index (χ4n) is 2.62. The van der Waals surface area contributed by atoms with Crippen molar-refractivity contribution in [1.82, 2.24) is 14.7 Å². The van der Waals surface area contributed by atoms with Gasteiger partial charge in [0.2, 0.25) is 0 Å². The summed E-state index contributed by atoms with van der Waals surface area (Å²) in [5.74, 6) is -2.06. The Morgan fingerprint density at radius 2 is 2.08 bits per heavy atom. The van der Waals surface area contributed by atoms with Crippen LogP contribution in [-0.2, 0) is 5.60 Å². The van der Waals surface area contributed by atoms with Gasteiger partial charge in [-0.25, -0.2) is 13.8 Å². The van der Waals surface area contributed by atoms with Crippen molar-refractivity contribution in [2.24, 2.45) is 0 Å². The molecule has 0 bridgehead atoms. The van der Waals surface area contributed by atoms with Crippen molar-refractivity contribution in [3.05, 3.63) is 71.2 Å². The molecule has 2 heterocycles. The summed E-state index contributed by atoms with van der Waals surface area (Å²) in [7, 11) is 0. The number of halogens is 2. The molecule has 0 fully saturated rings. The average Bonchev–Trinajstić information content (AvgIpc) is 2.95. The summed E-state index contributed by atoms with van der Waals surface area (Å²) in [5, 5.41) is 13.0. The zero-order valence-electron chi connectivity index (χ0n) is 13.8. The van der Waals surface area contributed by atoms with E-state index in [1.807, 2.05) is 13.0 Å². The molecule has 1 aromatic carbocycles. The maximum atomic E-state index is 13.9. The fourth-order valence-corrected chi connectivity index (χ4v) is 2.62. The minimum atomic E-state index is -1.69. The second-order valence-corrected chi connectivity index (χ2v) is 6.16. The molecule has 5 nitrogen and oxygen atoms in total. The summed E-state index contributed by atoms with van der Waals surface area (Å²) in [6, 6.07) is 6.58. The van der Waals surface area contributed by atoms with E-state index in [2.05, 4.69) is 10.3 Å². The Morgan fingerprint density at radius 3 is 2.80 bits per heavy atom. The quantitative estimate of drug-likeness (QED) is 0.764. The van der Waals surface area contributed by atoms with E-state index in [0.717, 1.165) is 17.7 Å². The molecule has 2 N–H and O–H groups in total. The number of aliphatic hydroxyl groups is 1. The lowest BCUT2D eigenvalue weighted by Crippen LogP contribution is -2.39. The van der Waals surface area contributed by atoms with Gasteiger partial charge in [0, 0.05) is 17.8 Å². The van der Waals surface area contributed by atoms with Gasteiger partial charge in [0.25, 0.3) is 5.91 Å². The number of benzene rings is 1. The largest absolute Gasteiger partial charge is 0.383 e. The number of hydrogen-bond donors (Lipinski definition) is 2. The molecule has 2 aromatic heterocycles. The van der Waals surface area contributed by atoms with Crippen LogP contribution in [-0.4, -0.2) is 26.9 Å². The van der Waals surface area contributed by atoms with Crippen molar-refractivity contribution in [3.63, 3.8) is 0 Å². The van der Waals surface area contributed by atoms with Gasteiger partial charge >= 0.3 is 0 Å². The van der Waals surface area contributed by atoms with Crippen molar-refractivity contribution in [2.75, 3.05) is 6.54 Å². The molecular formula is C18H17F2N3O2. The SMILES string of the molecule is Cc1ccc2ncc(C(=O)NCC(C)(O)c3ccc(F)cc3F)n2c1. The van der Waals surface area contributed by atoms with Crippen molar-refractivity contribution in [1.29, 1.82) is 0 Å². The topological polar surface area (TPSA) is 66.6 Å². The number of aromatic nitrogens is 2. The summed E-state index contributed by atoms with van der Waals surface area (Å²) >= 11 is 0. The lowest BCUT2D eigenvalue weighted by molar-refractivity contribution is 0.0493. The third-order valence-electron chi connectivity index (χ3n) is 3.99. The van der Waals surface area contributed by atoms with Crippen LogP contribution in [0.4, 0.5) is 8.78 Å². The number of pyridine rings is 1. The fraction of sp³-hybridized carbons (Fsp3) is 0.222. The van der Waals surface area contributed by atoms with E-state index in [0.29, 0.717) is 17.4 Å². The number of amides is 1. The van der Waals surface area contributed by atoms with Crippen LogP contribution < -0.4 is 5.32 Å². The Morgan fingerprint density at radius 1 is 1.32 bits per heavy atom. The summed E-state index contributed by atoms with van der Waals surface area (Å²) in [4.78, 5) is 16.6. The van der Waals surface area contributed by atoms with Crippen molar-refractivity contribution in [3.8, 4) is 0 Å². The van der Waals surface area contributed by atoms with E-state index >= 15 is 0 Å². The normalized spacial score (nSPS) is 13.6. The summed E-state index contributed by atoms with van der Waals surface area (Å²) < 4.78 is 28.5. The minimum absolute atomic E-state index is 0.0943. The summed E-state index contributed by atoms with van der Waals surface area (Å²) in [6.45, 7) is 3.00. The maximum Gasteiger partial charge on any atom is 0.270 e. The average molecular weight is 345 g/mol. The Kier molecular flexibility index (Phi) is 4.26. The number of imidazole rings is 1. The standard InChI is InChI=1S/C18H17F2N3O2/c1-11-3-6-16-21-8-15(23(16)9-11)17(24)22-10-18(2,25)13-5-4-12(19)7-14(13)20/h3-9,25H,10H2,1-2H3,(H,22,24). The molecule has 1 atom stereocenters. The Bertz CT molecular complexity index is 951. The molecular weight excluding hydrogens is 328 g/mol. The maximum absolute atomic E-state index is 13.9. The number of fused-ring (bicyclic) bond motifs is 1. The molecule has 1 amide bonds. The van der Waals surface area contributed by atoms with Crippen molar-refractivity contribution < 1.29 is 18.7 Å². The molecule has 0 spiro atoms. The molecule has 0 saturated carbocycles. The Labute approximate surface area is 142 Å². The molecule has 0 aliphatic rings. The monoisotopic (exact) mass is 345 g/mol. The van der Waals surface area contributed by atoms with Crippen LogP contribution in [0.3, 0.4) is 0 Å². The van der Waals surface area contributed by atoms with Gasteiger partial charge in [-0.05, 0) is 31.5 Å². The lowest BCUT2D eigenvalue weighted by Gasteiger charge is -2.24. The minimum Gasteiger partial charge on any atom is -0.383 e. The first-order valence-corrected chi connectivity index (χ1v) is 7.68. The van der Waals surface area contributed by atoms with Gasteiger partial charge in [0.15, 0.2) is 0 Å². The first kappa shape index (κ1) is 17.0.